The molecule has 4 heterocycles. The second-order valence-electron chi connectivity index (χ2n) is 14.9. The lowest BCUT2D eigenvalue weighted by Crippen LogP contribution is -2.14. The minimum Gasteiger partial charge on any atom is -0.454 e. The van der Waals surface area contributed by atoms with E-state index in [1.807, 2.05) is 12.1 Å². The van der Waals surface area contributed by atoms with Crippen molar-refractivity contribution in [1.29, 1.82) is 0 Å². The monoisotopic (exact) mass is 822 g/mol. The topological polar surface area (TPSA) is 36.1 Å². The maximum Gasteiger partial charge on any atom is 0.418 e. The van der Waals surface area contributed by atoms with Crippen LogP contribution >= 0.6 is 0 Å². The summed E-state index contributed by atoms with van der Waals surface area (Å²) in [5.74, 6) is -11.4. The summed E-state index contributed by atoms with van der Waals surface area (Å²) in [6, 6.07) is 36.1. The summed E-state index contributed by atoms with van der Waals surface area (Å²) in [5.41, 5.74) is -2.27. The van der Waals surface area contributed by atoms with Crippen LogP contribution in [-0.2, 0) is 6.18 Å². The lowest BCUT2D eigenvalue weighted by atomic mass is 9.97. The number of rotatable bonds is 3. The van der Waals surface area contributed by atoms with E-state index in [1.165, 1.54) is 9.13 Å². The van der Waals surface area contributed by atoms with Gasteiger partial charge in [-0.25, -0.2) is 22.0 Å². The van der Waals surface area contributed by atoms with Gasteiger partial charge in [-0.3, -0.25) is 0 Å². The molecule has 4 aromatic heterocycles. The van der Waals surface area contributed by atoms with Crippen molar-refractivity contribution in [2.24, 2.45) is 0 Å². The minimum absolute atomic E-state index is 0.192. The number of hydrogen-bond donors (Lipinski definition) is 0. The highest BCUT2D eigenvalue weighted by Gasteiger charge is 2.39. The molecule has 0 aliphatic carbocycles. The summed E-state index contributed by atoms with van der Waals surface area (Å²) < 4.78 is 142. The molecule has 0 N–H and O–H groups in total. The van der Waals surface area contributed by atoms with Gasteiger partial charge in [0.2, 0.25) is 5.82 Å². The largest absolute Gasteiger partial charge is 0.454 e. The fraction of sp³-hybridized carbons (Fsp3) is 0.0204. The maximum absolute atomic E-state index is 16.4. The van der Waals surface area contributed by atoms with E-state index in [1.54, 1.807) is 109 Å². The highest BCUT2D eigenvalue weighted by atomic mass is 19.4. The molecule has 0 spiro atoms. The molecule has 61 heavy (non-hydrogen) atoms. The molecular formula is C49H22F8N2O2. The van der Waals surface area contributed by atoms with E-state index in [2.05, 4.69) is 0 Å². The second kappa shape index (κ2) is 12.2. The van der Waals surface area contributed by atoms with Crippen LogP contribution in [0.3, 0.4) is 0 Å². The second-order valence-corrected chi connectivity index (χ2v) is 14.9. The zero-order valence-electron chi connectivity index (χ0n) is 30.9. The van der Waals surface area contributed by atoms with Crippen LogP contribution in [-0.4, -0.2) is 9.13 Å². The van der Waals surface area contributed by atoms with Crippen LogP contribution in [0.2, 0.25) is 0 Å². The molecule has 0 aliphatic heterocycles. The van der Waals surface area contributed by atoms with Crippen LogP contribution in [0.15, 0.2) is 142 Å². The standard InChI is InChI=1S/C49H22F8N2O2/c50-40-39(41(51)43(53)44(54)42(40)52)31-21-36(59-34-14-6-2-10-24(34)28-18-20-30-26-12-4-8-16-38(26)61-48(30)46(28)59)32(49(55,56)57)22-35(31)58-33-13-5-1-9-23(33)27-17-19-29-25-11-3-7-15-37(25)60-47(29)45(27)58/h1-22H. The molecule has 0 atom stereocenters. The molecule has 0 amide bonds. The van der Waals surface area contributed by atoms with Crippen LogP contribution in [0.4, 0.5) is 35.1 Å². The van der Waals surface area contributed by atoms with Gasteiger partial charge in [0.1, 0.15) is 11.2 Å². The number of para-hydroxylation sites is 4. The number of furan rings is 2. The lowest BCUT2D eigenvalue weighted by Gasteiger charge is -2.22. The third-order valence-corrected chi connectivity index (χ3v) is 11.7. The molecule has 0 fully saturated rings. The molecule has 296 valence electrons. The van der Waals surface area contributed by atoms with Crippen molar-refractivity contribution >= 4 is 87.5 Å². The quantitative estimate of drug-likeness (QED) is 0.101. The highest BCUT2D eigenvalue weighted by Crippen LogP contribution is 2.49. The Morgan fingerprint density at radius 1 is 0.393 bits per heavy atom. The number of alkyl halides is 3. The predicted molar refractivity (Wildman–Crippen MR) is 220 cm³/mol. The Morgan fingerprint density at radius 3 is 1.30 bits per heavy atom. The third-order valence-electron chi connectivity index (χ3n) is 11.7. The van der Waals surface area contributed by atoms with E-state index in [9.17, 15) is 4.39 Å². The van der Waals surface area contributed by atoms with Gasteiger partial charge in [-0.1, -0.05) is 84.9 Å². The fourth-order valence-corrected chi connectivity index (χ4v) is 9.18. The van der Waals surface area contributed by atoms with Crippen molar-refractivity contribution < 1.29 is 44.0 Å². The molecule has 0 saturated carbocycles. The van der Waals surface area contributed by atoms with Crippen LogP contribution in [0.5, 0.6) is 0 Å². The van der Waals surface area contributed by atoms with Gasteiger partial charge in [0.25, 0.3) is 0 Å². The Hall–Kier alpha value is -7.60. The number of fused-ring (bicyclic) bond motifs is 14. The van der Waals surface area contributed by atoms with Gasteiger partial charge in [0.05, 0.1) is 44.6 Å². The van der Waals surface area contributed by atoms with E-state index in [-0.39, 0.29) is 33.2 Å². The first kappa shape index (κ1) is 35.4. The summed E-state index contributed by atoms with van der Waals surface area (Å²) in [4.78, 5) is 0. The van der Waals surface area contributed by atoms with Crippen molar-refractivity contribution in [2.45, 2.75) is 6.18 Å². The summed E-state index contributed by atoms with van der Waals surface area (Å²) in [6.45, 7) is 0. The normalized spacial score (nSPS) is 12.6. The van der Waals surface area contributed by atoms with Crippen LogP contribution in [0.1, 0.15) is 5.56 Å². The number of halogens is 8. The summed E-state index contributed by atoms with van der Waals surface area (Å²) in [5, 5.41) is 4.57. The maximum atomic E-state index is 16.4. The molecule has 0 radical (unpaired) electrons. The van der Waals surface area contributed by atoms with Gasteiger partial charge >= 0.3 is 6.18 Å². The van der Waals surface area contributed by atoms with Crippen LogP contribution in [0.25, 0.3) is 110 Å². The summed E-state index contributed by atoms with van der Waals surface area (Å²) in [7, 11) is 0. The van der Waals surface area contributed by atoms with Gasteiger partial charge in [0.15, 0.2) is 34.4 Å². The molecule has 12 heteroatoms. The Bertz CT molecular complexity index is 3860. The Kier molecular flexibility index (Phi) is 7.09. The minimum atomic E-state index is -5.16. The van der Waals surface area contributed by atoms with Gasteiger partial charge < -0.3 is 18.0 Å². The number of benzene rings is 8. The van der Waals surface area contributed by atoms with Gasteiger partial charge in [-0.15, -0.1) is 0 Å². The first-order chi connectivity index (χ1) is 29.5. The molecule has 0 unspecified atom stereocenters. The van der Waals surface area contributed by atoms with Crippen molar-refractivity contribution in [2.75, 3.05) is 0 Å². The Labute approximate surface area is 336 Å². The molecule has 0 bridgehead atoms. The highest BCUT2D eigenvalue weighted by molar-refractivity contribution is 6.23. The van der Waals surface area contributed by atoms with E-state index < -0.39 is 63.3 Å². The fourth-order valence-electron chi connectivity index (χ4n) is 9.18. The zero-order chi connectivity index (χ0) is 41.6. The SMILES string of the molecule is Fc1c(F)c(F)c(-c2cc(-n3c4ccccc4c4ccc5c6ccccc6oc5c43)c(C(F)(F)F)cc2-n2c3ccccc3c3ccc4c5ccccc5oc4c32)c(F)c1F. The molecule has 12 rings (SSSR count). The van der Waals surface area contributed by atoms with E-state index >= 15 is 30.7 Å². The van der Waals surface area contributed by atoms with Gasteiger partial charge in [0, 0.05) is 48.7 Å². The molecule has 4 nitrogen and oxygen atoms in total. The van der Waals surface area contributed by atoms with Crippen molar-refractivity contribution in [3.05, 3.63) is 168 Å². The third kappa shape index (κ3) is 4.69. The van der Waals surface area contributed by atoms with E-state index in [4.69, 9.17) is 8.83 Å². The number of hydrogen-bond acceptors (Lipinski definition) is 2. The van der Waals surface area contributed by atoms with Gasteiger partial charge in [-0.2, -0.15) is 13.2 Å². The number of nitrogens with zero attached hydrogens (tertiary/aromatic N) is 2. The Balaban J connectivity index is 1.32. The summed E-state index contributed by atoms with van der Waals surface area (Å²) in [6.07, 6.45) is -5.16. The van der Waals surface area contributed by atoms with Crippen molar-refractivity contribution in [1.82, 2.24) is 9.13 Å². The average molecular weight is 823 g/mol. The van der Waals surface area contributed by atoms with Crippen LogP contribution < -0.4 is 0 Å². The molecule has 8 aromatic carbocycles. The molecule has 0 saturated heterocycles. The first-order valence-corrected chi connectivity index (χ1v) is 19.0. The molecule has 12 aromatic rings. The van der Waals surface area contributed by atoms with Crippen molar-refractivity contribution in [3.8, 4) is 22.5 Å². The summed E-state index contributed by atoms with van der Waals surface area (Å²) >= 11 is 0. The zero-order valence-corrected chi connectivity index (χ0v) is 30.9. The smallest absolute Gasteiger partial charge is 0.418 e. The number of aromatic nitrogens is 2. The lowest BCUT2D eigenvalue weighted by molar-refractivity contribution is -0.137. The first-order valence-electron chi connectivity index (χ1n) is 19.0. The molecule has 0 aliphatic rings. The Morgan fingerprint density at radius 2 is 0.803 bits per heavy atom. The average Bonchev–Trinajstić information content (AvgIpc) is 4.02. The van der Waals surface area contributed by atoms with E-state index in [0.717, 1.165) is 6.07 Å². The van der Waals surface area contributed by atoms with Gasteiger partial charge in [-0.05, 0) is 48.5 Å². The molecular weight excluding hydrogens is 801 g/mol. The van der Waals surface area contributed by atoms with E-state index in [0.29, 0.717) is 60.3 Å². The van der Waals surface area contributed by atoms with Crippen molar-refractivity contribution in [3.63, 3.8) is 0 Å². The predicted octanol–water partition coefficient (Wildman–Crippen LogP) is 15.1. The van der Waals surface area contributed by atoms with Crippen LogP contribution in [0, 0.1) is 29.1 Å².